The molecule has 1 aromatic carbocycles. The van der Waals surface area contributed by atoms with Crippen molar-refractivity contribution in [3.05, 3.63) is 72.9 Å². The van der Waals surface area contributed by atoms with E-state index in [1.54, 1.807) is 52.0 Å². The fourth-order valence-corrected chi connectivity index (χ4v) is 2.52. The molecule has 52 heavy (non-hydrogen) atoms. The third-order valence-corrected chi connectivity index (χ3v) is 5.36. The molecule has 1 unspecified atom stereocenters. The number of esters is 4. The van der Waals surface area contributed by atoms with E-state index in [-0.39, 0.29) is 44.5 Å². The zero-order chi connectivity index (χ0) is 39.9. The van der Waals surface area contributed by atoms with Crippen LogP contribution < -0.4 is 11.1 Å². The summed E-state index contributed by atoms with van der Waals surface area (Å²) in [6.45, 7) is 22.7. The number of isocyanates is 1. The highest BCUT2D eigenvalue weighted by molar-refractivity contribution is 5.88. The van der Waals surface area contributed by atoms with Crippen molar-refractivity contribution in [1.29, 1.82) is 0 Å². The Morgan fingerprint density at radius 3 is 1.60 bits per heavy atom. The van der Waals surface area contributed by atoms with Crippen LogP contribution in [0.5, 0.6) is 0 Å². The minimum Gasteiger partial charge on any atom is -0.462 e. The molecule has 1 fully saturated rings. The molecule has 0 radical (unpaired) electrons. The van der Waals surface area contributed by atoms with E-state index in [0.29, 0.717) is 79.3 Å². The molecule has 4 N–H and O–H groups in total. The second-order valence-corrected chi connectivity index (χ2v) is 10.7. The summed E-state index contributed by atoms with van der Waals surface area (Å²) < 4.78 is 28.7. The molecule has 288 valence electrons. The molecule has 0 aromatic heterocycles. The van der Waals surface area contributed by atoms with E-state index in [4.69, 9.17) is 34.5 Å². The first-order chi connectivity index (χ1) is 24.6. The number of nitrogens with two attached hydrogens (primary N) is 1. The molecule has 0 aliphatic carbocycles. The van der Waals surface area contributed by atoms with E-state index < -0.39 is 18.0 Å². The van der Waals surface area contributed by atoms with Crippen LogP contribution in [0.3, 0.4) is 0 Å². The molecule has 16 nitrogen and oxygen atoms in total. The third-order valence-electron chi connectivity index (χ3n) is 5.36. The number of carbonyl (C=O) groups is 5. The Hall–Kier alpha value is -5.41. The zero-order valence-corrected chi connectivity index (χ0v) is 30.4. The number of aliphatic imine (C=N–C) groups is 1. The van der Waals surface area contributed by atoms with Crippen LogP contribution in [0.2, 0.25) is 0 Å². The Labute approximate surface area is 304 Å². The number of hydrogen-bond acceptors (Lipinski definition) is 15. The monoisotopic (exact) mass is 733 g/mol. The number of ether oxygens (including phenoxy) is 6. The Balaban J connectivity index is 0. The van der Waals surface area contributed by atoms with E-state index in [1.807, 2.05) is 0 Å². The standard InChI is InChI=1S/C15H16N2O5.C7H13NO2.C7H10O3.C7H12O3/c1-11(2)14(19)21-8-3-9-22-15(20)17-13-6-4-12(5-7-13)16-10-18;1-6(2)7(9)10-5-3-4-8;1-5(2)7(8)10-4-6-3-9-6;1-6(2)7(9)10-5-3-4-8/h4-7H,1,3,8-9H2,2H3,(H,17,20);1,3-5,8H2,2H3;6H,1,3-4H2,2H3;8H,1,3-5H2,2H3. The van der Waals surface area contributed by atoms with E-state index >= 15 is 0 Å². The first kappa shape index (κ1) is 48.7. The lowest BCUT2D eigenvalue weighted by Gasteiger charge is -2.07. The summed E-state index contributed by atoms with van der Waals surface area (Å²) in [7, 11) is 0. The largest absolute Gasteiger partial charge is 0.462 e. The predicted octanol–water partition coefficient (Wildman–Crippen LogP) is 4.16. The second kappa shape index (κ2) is 30.4. The van der Waals surface area contributed by atoms with Gasteiger partial charge in [-0.25, -0.2) is 28.8 Å². The SMILES string of the molecule is C=C(C)C(=O)OCC1CO1.C=C(C)C(=O)OCCCN.C=C(C)C(=O)OCCCO.C=C(C)C(=O)OCCCOC(=O)Nc1ccc(N=C=O)cc1. The molecular formula is C36H51N3O13. The van der Waals surface area contributed by atoms with Gasteiger partial charge in [-0.3, -0.25) is 5.32 Å². The highest BCUT2D eigenvalue weighted by Gasteiger charge is 2.24. The molecule has 1 aliphatic rings. The number of epoxide rings is 1. The number of carbonyl (C=O) groups excluding carboxylic acids is 6. The van der Waals surface area contributed by atoms with Crippen LogP contribution in [0.1, 0.15) is 47.0 Å². The van der Waals surface area contributed by atoms with E-state index in [2.05, 4.69) is 41.4 Å². The average molecular weight is 734 g/mol. The summed E-state index contributed by atoms with van der Waals surface area (Å²) in [5.41, 5.74) is 7.68. The second-order valence-electron chi connectivity index (χ2n) is 10.7. The maximum Gasteiger partial charge on any atom is 0.411 e. The highest BCUT2D eigenvalue weighted by Crippen LogP contribution is 2.15. The molecule has 1 atom stereocenters. The molecule has 0 spiro atoms. The molecule has 16 heteroatoms. The van der Waals surface area contributed by atoms with Gasteiger partial charge in [0.15, 0.2) is 0 Å². The minimum atomic E-state index is -0.627. The number of amides is 1. The summed E-state index contributed by atoms with van der Waals surface area (Å²) in [4.78, 5) is 68.0. The van der Waals surface area contributed by atoms with Crippen LogP contribution in [-0.4, -0.2) is 100 Å². The predicted molar refractivity (Wildman–Crippen MR) is 192 cm³/mol. The number of benzene rings is 1. The van der Waals surface area contributed by atoms with Gasteiger partial charge < -0.3 is 39.3 Å². The number of rotatable bonds is 18. The van der Waals surface area contributed by atoms with Gasteiger partial charge in [0, 0.05) is 47.4 Å². The first-order valence-electron chi connectivity index (χ1n) is 15.9. The Morgan fingerprint density at radius 1 is 0.769 bits per heavy atom. The summed E-state index contributed by atoms with van der Waals surface area (Å²) in [6, 6.07) is 6.26. The van der Waals surface area contributed by atoms with Gasteiger partial charge in [0.2, 0.25) is 6.08 Å². The van der Waals surface area contributed by atoms with Crippen LogP contribution in [0.25, 0.3) is 0 Å². The van der Waals surface area contributed by atoms with E-state index in [9.17, 15) is 28.8 Å². The quantitative estimate of drug-likeness (QED) is 0.0366. The van der Waals surface area contributed by atoms with Crippen molar-refractivity contribution in [2.75, 3.05) is 58.1 Å². The maximum absolute atomic E-state index is 11.5. The lowest BCUT2D eigenvalue weighted by molar-refractivity contribution is -0.140. The molecule has 0 bridgehead atoms. The van der Waals surface area contributed by atoms with Gasteiger partial charge in [-0.2, -0.15) is 4.99 Å². The Morgan fingerprint density at radius 2 is 1.19 bits per heavy atom. The Kier molecular flexibility index (Phi) is 28.5. The van der Waals surface area contributed by atoms with E-state index in [1.165, 1.54) is 6.08 Å². The lowest BCUT2D eigenvalue weighted by atomic mass is 10.3. The number of nitrogens with one attached hydrogen (secondary N) is 1. The topological polar surface area (TPSA) is 232 Å². The molecule has 1 aromatic rings. The fraction of sp³-hybridized carbons (Fsp3) is 0.444. The number of aliphatic hydroxyl groups is 1. The van der Waals surface area contributed by atoms with Crippen LogP contribution in [-0.2, 0) is 52.4 Å². The van der Waals surface area contributed by atoms with Crippen molar-refractivity contribution >= 4 is 47.4 Å². The fourth-order valence-electron chi connectivity index (χ4n) is 2.52. The first-order valence-corrected chi connectivity index (χ1v) is 15.9. The van der Waals surface area contributed by atoms with Gasteiger partial charge in [-0.1, -0.05) is 26.3 Å². The van der Waals surface area contributed by atoms with Crippen molar-refractivity contribution in [2.45, 2.75) is 53.1 Å². The van der Waals surface area contributed by atoms with Crippen LogP contribution in [0.15, 0.2) is 77.9 Å². The van der Waals surface area contributed by atoms with Crippen LogP contribution >= 0.6 is 0 Å². The molecule has 1 amide bonds. The van der Waals surface area contributed by atoms with Crippen molar-refractivity contribution in [2.24, 2.45) is 10.7 Å². The van der Waals surface area contributed by atoms with Crippen LogP contribution in [0, 0.1) is 0 Å². The maximum atomic E-state index is 11.5. The van der Waals surface area contributed by atoms with Crippen LogP contribution in [0.4, 0.5) is 16.2 Å². The number of hydrogen-bond donors (Lipinski definition) is 3. The van der Waals surface area contributed by atoms with Gasteiger partial charge in [0.05, 0.1) is 38.7 Å². The van der Waals surface area contributed by atoms with Gasteiger partial charge >= 0.3 is 30.0 Å². The molecule has 2 rings (SSSR count). The van der Waals surface area contributed by atoms with Crippen molar-refractivity contribution in [3.8, 4) is 0 Å². The molecule has 1 heterocycles. The summed E-state index contributed by atoms with van der Waals surface area (Å²) in [5, 5.41) is 10.8. The number of aliphatic hydroxyl groups excluding tert-OH is 1. The smallest absolute Gasteiger partial charge is 0.411 e. The molecule has 1 saturated heterocycles. The van der Waals surface area contributed by atoms with Gasteiger partial charge in [-0.15, -0.1) is 0 Å². The van der Waals surface area contributed by atoms with Crippen molar-refractivity contribution < 1.29 is 62.3 Å². The molecular weight excluding hydrogens is 682 g/mol. The normalized spacial score (nSPS) is 11.6. The van der Waals surface area contributed by atoms with Gasteiger partial charge in [-0.05, 0) is 64.9 Å². The average Bonchev–Trinajstić information content (AvgIpc) is 3.93. The number of anilines is 1. The minimum absolute atomic E-state index is 0.0451. The van der Waals surface area contributed by atoms with Crippen molar-refractivity contribution in [1.82, 2.24) is 0 Å². The number of nitrogens with zero attached hydrogens (tertiary/aromatic N) is 1. The van der Waals surface area contributed by atoms with Crippen molar-refractivity contribution in [3.63, 3.8) is 0 Å². The summed E-state index contributed by atoms with van der Waals surface area (Å²) >= 11 is 0. The van der Waals surface area contributed by atoms with E-state index in [0.717, 1.165) is 0 Å². The van der Waals surface area contributed by atoms with Gasteiger partial charge in [0.25, 0.3) is 0 Å². The van der Waals surface area contributed by atoms with Gasteiger partial charge in [0.1, 0.15) is 12.7 Å². The summed E-state index contributed by atoms with van der Waals surface area (Å²) in [5.74, 6) is -1.54. The Bertz CT molecular complexity index is 1350. The third kappa shape index (κ3) is 29.5. The lowest BCUT2D eigenvalue weighted by Crippen LogP contribution is -2.15. The highest BCUT2D eigenvalue weighted by atomic mass is 16.6. The molecule has 1 aliphatic heterocycles. The zero-order valence-electron chi connectivity index (χ0n) is 30.4. The molecule has 0 saturated carbocycles. The summed E-state index contributed by atoms with van der Waals surface area (Å²) in [6.07, 6.45) is 2.52.